The van der Waals surface area contributed by atoms with Gasteiger partial charge in [-0.05, 0) is 55.2 Å². The lowest BCUT2D eigenvalue weighted by Gasteiger charge is -2.31. The van der Waals surface area contributed by atoms with E-state index >= 15 is 0 Å². The first-order valence-corrected chi connectivity index (χ1v) is 8.02. The van der Waals surface area contributed by atoms with Gasteiger partial charge in [0, 0.05) is 21.7 Å². The molecule has 0 radical (unpaired) electrons. The minimum absolute atomic E-state index is 0.161. The first-order chi connectivity index (χ1) is 10.1. The fourth-order valence-corrected chi connectivity index (χ4v) is 4.22. The van der Waals surface area contributed by atoms with E-state index in [-0.39, 0.29) is 12.0 Å². The van der Waals surface area contributed by atoms with Gasteiger partial charge in [0.1, 0.15) is 0 Å². The number of benzene rings is 1. The first-order valence-electron chi connectivity index (χ1n) is 7.20. The fraction of sp³-hybridized carbons (Fsp3) is 0.412. The van der Waals surface area contributed by atoms with Crippen LogP contribution in [0.5, 0.6) is 11.5 Å². The molecule has 0 saturated heterocycles. The van der Waals surface area contributed by atoms with Crippen molar-refractivity contribution < 1.29 is 9.47 Å². The van der Waals surface area contributed by atoms with Crippen molar-refractivity contribution in [2.75, 3.05) is 14.2 Å². The van der Waals surface area contributed by atoms with Crippen LogP contribution in [0, 0.1) is 6.92 Å². The summed E-state index contributed by atoms with van der Waals surface area (Å²) in [6.07, 6.45) is 2.00. The van der Waals surface area contributed by atoms with Gasteiger partial charge in [-0.2, -0.15) is 0 Å². The largest absolute Gasteiger partial charge is 0.493 e. The van der Waals surface area contributed by atoms with Crippen molar-refractivity contribution in [3.63, 3.8) is 0 Å². The van der Waals surface area contributed by atoms with Crippen LogP contribution in [0.3, 0.4) is 0 Å². The molecule has 1 aromatic carbocycles. The zero-order chi connectivity index (χ0) is 15.0. The predicted molar refractivity (Wildman–Crippen MR) is 86.7 cm³/mol. The number of aryl methyl sites for hydroxylation is 2. The molecule has 0 bridgehead atoms. The molecule has 3 nitrogen and oxygen atoms in total. The van der Waals surface area contributed by atoms with Gasteiger partial charge in [-0.3, -0.25) is 0 Å². The van der Waals surface area contributed by atoms with E-state index in [4.69, 9.17) is 15.2 Å². The fourth-order valence-electron chi connectivity index (χ4n) is 3.15. The van der Waals surface area contributed by atoms with E-state index in [1.165, 1.54) is 20.9 Å². The predicted octanol–water partition coefficient (Wildman–Crippen LogP) is 3.48. The number of methoxy groups -OCH3 is 2. The number of ether oxygens (including phenoxy) is 2. The van der Waals surface area contributed by atoms with Crippen molar-refractivity contribution >= 4 is 11.3 Å². The number of thiophene rings is 1. The summed E-state index contributed by atoms with van der Waals surface area (Å²) in [6.45, 7) is 2.14. The van der Waals surface area contributed by atoms with Crippen LogP contribution in [0.25, 0.3) is 0 Å². The Bertz CT molecular complexity index is 650. The van der Waals surface area contributed by atoms with Crippen molar-refractivity contribution in [1.29, 1.82) is 0 Å². The van der Waals surface area contributed by atoms with E-state index < -0.39 is 0 Å². The van der Waals surface area contributed by atoms with Crippen LogP contribution in [-0.4, -0.2) is 20.3 Å². The van der Waals surface area contributed by atoms with Crippen molar-refractivity contribution in [2.45, 2.75) is 31.7 Å². The summed E-state index contributed by atoms with van der Waals surface area (Å²) in [5.41, 5.74) is 9.04. The summed E-state index contributed by atoms with van der Waals surface area (Å²) in [5, 5.41) is 0. The normalized spacial score (nSPS) is 21.0. The molecule has 3 rings (SSSR count). The molecule has 0 amide bonds. The van der Waals surface area contributed by atoms with E-state index in [1.54, 1.807) is 14.2 Å². The molecule has 0 fully saturated rings. The van der Waals surface area contributed by atoms with Gasteiger partial charge in [-0.1, -0.05) is 0 Å². The van der Waals surface area contributed by atoms with Gasteiger partial charge in [0.25, 0.3) is 0 Å². The quantitative estimate of drug-likeness (QED) is 0.944. The van der Waals surface area contributed by atoms with Crippen molar-refractivity contribution in [3.8, 4) is 11.5 Å². The molecule has 0 spiro atoms. The third-order valence-corrected chi connectivity index (χ3v) is 5.31. The Kier molecular flexibility index (Phi) is 3.91. The van der Waals surface area contributed by atoms with Crippen LogP contribution in [0.2, 0.25) is 0 Å². The van der Waals surface area contributed by atoms with E-state index in [1.807, 2.05) is 11.3 Å². The summed E-state index contributed by atoms with van der Waals surface area (Å²) in [5.74, 6) is 1.84. The summed E-state index contributed by atoms with van der Waals surface area (Å²) in [4.78, 5) is 2.66. The standard InChI is InChI=1S/C17H21NO2S/c1-10-4-7-16(21-10)17-12-9-15(20-3)14(19-2)8-11(12)5-6-13(17)18/h4,7-9,13,17H,5-6,18H2,1-3H3/t13-,17-/m0/s1. The summed E-state index contributed by atoms with van der Waals surface area (Å²) < 4.78 is 10.9. The average Bonchev–Trinajstić information content (AvgIpc) is 2.91. The zero-order valence-corrected chi connectivity index (χ0v) is 13.5. The lowest BCUT2D eigenvalue weighted by Crippen LogP contribution is -2.33. The number of rotatable bonds is 3. The highest BCUT2D eigenvalue weighted by Crippen LogP contribution is 2.43. The van der Waals surface area contributed by atoms with Gasteiger partial charge in [-0.15, -0.1) is 11.3 Å². The number of fused-ring (bicyclic) bond motifs is 1. The second-order valence-electron chi connectivity index (χ2n) is 5.53. The maximum Gasteiger partial charge on any atom is 0.161 e. The van der Waals surface area contributed by atoms with Gasteiger partial charge >= 0.3 is 0 Å². The molecule has 0 aliphatic heterocycles. The molecular formula is C17H21NO2S. The SMILES string of the molecule is COc1cc2c(cc1OC)[C@H](c1ccc(C)s1)[C@@H](N)CC2. The average molecular weight is 303 g/mol. The second kappa shape index (κ2) is 5.70. The van der Waals surface area contributed by atoms with Crippen LogP contribution >= 0.6 is 11.3 Å². The second-order valence-corrected chi connectivity index (χ2v) is 6.85. The minimum Gasteiger partial charge on any atom is -0.493 e. The summed E-state index contributed by atoms with van der Waals surface area (Å²) in [6, 6.07) is 8.74. The Balaban J connectivity index is 2.12. The van der Waals surface area contributed by atoms with E-state index in [9.17, 15) is 0 Å². The molecular weight excluding hydrogens is 282 g/mol. The Morgan fingerprint density at radius 3 is 2.48 bits per heavy atom. The third-order valence-electron chi connectivity index (χ3n) is 4.22. The van der Waals surface area contributed by atoms with Crippen LogP contribution in [-0.2, 0) is 6.42 Å². The monoisotopic (exact) mass is 303 g/mol. The molecule has 2 N–H and O–H groups in total. The highest BCUT2D eigenvalue weighted by atomic mass is 32.1. The molecule has 1 aromatic heterocycles. The Morgan fingerprint density at radius 2 is 1.86 bits per heavy atom. The highest BCUT2D eigenvalue weighted by Gasteiger charge is 2.30. The topological polar surface area (TPSA) is 44.5 Å². The van der Waals surface area contributed by atoms with Crippen LogP contribution in [0.15, 0.2) is 24.3 Å². The lowest BCUT2D eigenvalue weighted by atomic mass is 9.78. The Morgan fingerprint density at radius 1 is 1.14 bits per heavy atom. The molecule has 2 atom stereocenters. The molecule has 1 aliphatic rings. The molecule has 21 heavy (non-hydrogen) atoms. The van der Waals surface area contributed by atoms with Gasteiger partial charge in [-0.25, -0.2) is 0 Å². The smallest absolute Gasteiger partial charge is 0.161 e. The third kappa shape index (κ3) is 2.54. The van der Waals surface area contributed by atoms with Crippen LogP contribution in [0.1, 0.15) is 33.2 Å². The zero-order valence-electron chi connectivity index (χ0n) is 12.7. The summed E-state index contributed by atoms with van der Waals surface area (Å²) >= 11 is 1.83. The molecule has 1 heterocycles. The maximum absolute atomic E-state index is 6.43. The number of hydrogen-bond donors (Lipinski definition) is 1. The molecule has 4 heteroatoms. The molecule has 112 valence electrons. The van der Waals surface area contributed by atoms with Crippen LogP contribution in [0.4, 0.5) is 0 Å². The van der Waals surface area contributed by atoms with Gasteiger partial charge in [0.15, 0.2) is 11.5 Å². The first kappa shape index (κ1) is 14.4. The molecule has 2 aromatic rings. The molecule has 0 unspecified atom stereocenters. The van der Waals surface area contributed by atoms with Gasteiger partial charge in [0.2, 0.25) is 0 Å². The Hall–Kier alpha value is -1.52. The van der Waals surface area contributed by atoms with E-state index in [2.05, 4.69) is 31.2 Å². The van der Waals surface area contributed by atoms with E-state index in [0.29, 0.717) is 0 Å². The van der Waals surface area contributed by atoms with Gasteiger partial charge in [0.05, 0.1) is 14.2 Å². The Labute approximate surface area is 129 Å². The minimum atomic E-state index is 0.161. The van der Waals surface area contributed by atoms with Crippen LogP contribution < -0.4 is 15.2 Å². The lowest BCUT2D eigenvalue weighted by molar-refractivity contribution is 0.352. The van der Waals surface area contributed by atoms with Crippen molar-refractivity contribution in [2.24, 2.45) is 5.73 Å². The molecule has 0 saturated carbocycles. The number of nitrogens with two attached hydrogens (primary N) is 1. The molecule has 1 aliphatic carbocycles. The van der Waals surface area contributed by atoms with Crippen molar-refractivity contribution in [3.05, 3.63) is 45.1 Å². The van der Waals surface area contributed by atoms with E-state index in [0.717, 1.165) is 24.3 Å². The number of hydrogen-bond acceptors (Lipinski definition) is 4. The van der Waals surface area contributed by atoms with Gasteiger partial charge < -0.3 is 15.2 Å². The maximum atomic E-state index is 6.43. The van der Waals surface area contributed by atoms with Crippen molar-refractivity contribution in [1.82, 2.24) is 0 Å². The summed E-state index contributed by atoms with van der Waals surface area (Å²) in [7, 11) is 3.36. The highest BCUT2D eigenvalue weighted by molar-refractivity contribution is 7.12.